The zero-order valence-electron chi connectivity index (χ0n) is 19.0. The molecule has 4 aromatic rings. The molecule has 168 valence electrons. The number of rotatable bonds is 6. The van der Waals surface area contributed by atoms with Gasteiger partial charge in [-0.2, -0.15) is 0 Å². The molecule has 5 rings (SSSR count). The summed E-state index contributed by atoms with van der Waals surface area (Å²) in [5.74, 6) is -0.203. The minimum absolute atomic E-state index is 0.122. The van der Waals surface area contributed by atoms with E-state index in [0.717, 1.165) is 54.5 Å². The van der Waals surface area contributed by atoms with Gasteiger partial charge in [0.05, 0.1) is 0 Å². The Hall–Kier alpha value is -3.40. The van der Waals surface area contributed by atoms with Crippen LogP contribution in [0.3, 0.4) is 0 Å². The molecule has 0 radical (unpaired) electrons. The molecule has 0 N–H and O–H groups in total. The van der Waals surface area contributed by atoms with Crippen molar-refractivity contribution in [3.8, 4) is 0 Å². The minimum atomic E-state index is -0.259. The lowest BCUT2D eigenvalue weighted by atomic mass is 9.88. The molecule has 1 aromatic heterocycles. The van der Waals surface area contributed by atoms with Gasteiger partial charge in [0.1, 0.15) is 5.82 Å². The van der Waals surface area contributed by atoms with Crippen LogP contribution in [0.25, 0.3) is 10.9 Å². The highest BCUT2D eigenvalue weighted by atomic mass is 19.1. The van der Waals surface area contributed by atoms with E-state index >= 15 is 0 Å². The van der Waals surface area contributed by atoms with E-state index in [9.17, 15) is 9.18 Å². The van der Waals surface area contributed by atoms with Gasteiger partial charge in [0.25, 0.3) is 0 Å². The quantitative estimate of drug-likeness (QED) is 0.346. The maximum atomic E-state index is 13.7. The van der Waals surface area contributed by atoms with Gasteiger partial charge in [-0.3, -0.25) is 4.79 Å². The first-order valence-electron chi connectivity index (χ1n) is 11.7. The fourth-order valence-corrected chi connectivity index (χ4v) is 4.95. The molecule has 1 atom stereocenters. The summed E-state index contributed by atoms with van der Waals surface area (Å²) in [4.78, 5) is 15.2. The van der Waals surface area contributed by atoms with Crippen molar-refractivity contribution < 1.29 is 9.18 Å². The Morgan fingerprint density at radius 2 is 1.64 bits per heavy atom. The number of benzene rings is 3. The number of halogens is 1. The van der Waals surface area contributed by atoms with Crippen molar-refractivity contribution >= 4 is 16.8 Å². The van der Waals surface area contributed by atoms with Gasteiger partial charge >= 0.3 is 0 Å². The first-order chi connectivity index (χ1) is 16.1. The smallest absolute Gasteiger partial charge is 0.223 e. The summed E-state index contributed by atoms with van der Waals surface area (Å²) in [6.07, 6.45) is 4.73. The van der Waals surface area contributed by atoms with Gasteiger partial charge in [-0.25, -0.2) is 4.39 Å². The number of carbonyl (C=O) groups is 1. The van der Waals surface area contributed by atoms with E-state index in [1.54, 1.807) is 0 Å². The molecule has 3 nitrogen and oxygen atoms in total. The van der Waals surface area contributed by atoms with Crippen LogP contribution < -0.4 is 0 Å². The summed E-state index contributed by atoms with van der Waals surface area (Å²) >= 11 is 0. The second-order valence-electron chi connectivity index (χ2n) is 9.11. The Bertz CT molecular complexity index is 1250. The Labute approximate surface area is 194 Å². The molecule has 1 aliphatic rings. The van der Waals surface area contributed by atoms with Crippen LogP contribution in [0.15, 0.2) is 79.0 Å². The third kappa shape index (κ3) is 4.56. The first kappa shape index (κ1) is 21.4. The molecule has 4 heteroatoms. The number of nitrogens with zero attached hydrogens (tertiary/aromatic N) is 2. The van der Waals surface area contributed by atoms with Crippen LogP contribution in [0.5, 0.6) is 0 Å². The number of amides is 1. The minimum Gasteiger partial charge on any atom is -0.343 e. The highest BCUT2D eigenvalue weighted by Crippen LogP contribution is 2.36. The molecule has 1 amide bonds. The zero-order chi connectivity index (χ0) is 22.8. The number of para-hydroxylation sites is 1. The van der Waals surface area contributed by atoms with Crippen LogP contribution in [-0.4, -0.2) is 28.5 Å². The number of likely N-dealkylation sites (tertiary alicyclic amines) is 1. The monoisotopic (exact) mass is 440 g/mol. The van der Waals surface area contributed by atoms with Crippen molar-refractivity contribution in [3.05, 3.63) is 107 Å². The van der Waals surface area contributed by atoms with E-state index in [-0.39, 0.29) is 17.6 Å². The lowest BCUT2D eigenvalue weighted by molar-refractivity contribution is -0.130. The lowest BCUT2D eigenvalue weighted by Gasteiger charge is -2.21. The predicted molar refractivity (Wildman–Crippen MR) is 131 cm³/mol. The fraction of sp³-hybridized carbons (Fsp3) is 0.276. The second kappa shape index (κ2) is 9.22. The Balaban J connectivity index is 1.56. The molecule has 33 heavy (non-hydrogen) atoms. The van der Waals surface area contributed by atoms with Crippen LogP contribution in [0.2, 0.25) is 0 Å². The molecular formula is C29H29FN2O. The van der Waals surface area contributed by atoms with Gasteiger partial charge in [-0.15, -0.1) is 0 Å². The molecular weight excluding hydrogens is 411 g/mol. The number of fused-ring (bicyclic) bond motifs is 1. The van der Waals surface area contributed by atoms with Crippen molar-refractivity contribution in [2.24, 2.45) is 0 Å². The summed E-state index contributed by atoms with van der Waals surface area (Å²) in [5.41, 5.74) is 5.72. The third-order valence-corrected chi connectivity index (χ3v) is 6.78. The average molecular weight is 441 g/mol. The fourth-order valence-electron chi connectivity index (χ4n) is 4.95. The zero-order valence-corrected chi connectivity index (χ0v) is 19.0. The van der Waals surface area contributed by atoms with Crippen LogP contribution in [0.4, 0.5) is 4.39 Å². The second-order valence-corrected chi connectivity index (χ2v) is 9.11. The summed E-state index contributed by atoms with van der Waals surface area (Å²) in [6.45, 7) is 4.53. The summed E-state index contributed by atoms with van der Waals surface area (Å²) < 4.78 is 16.0. The molecule has 1 fully saturated rings. The highest BCUT2D eigenvalue weighted by molar-refractivity contribution is 5.87. The molecule has 1 aliphatic heterocycles. The normalized spacial score (nSPS) is 14.7. The molecule has 0 unspecified atom stereocenters. The van der Waals surface area contributed by atoms with Crippen molar-refractivity contribution in [3.63, 3.8) is 0 Å². The number of hydrogen-bond acceptors (Lipinski definition) is 1. The van der Waals surface area contributed by atoms with Crippen molar-refractivity contribution in [1.82, 2.24) is 9.47 Å². The average Bonchev–Trinajstić information content (AvgIpc) is 3.49. The van der Waals surface area contributed by atoms with E-state index < -0.39 is 0 Å². The first-order valence-corrected chi connectivity index (χ1v) is 11.7. The summed E-state index contributed by atoms with van der Waals surface area (Å²) in [5, 5.41) is 1.15. The van der Waals surface area contributed by atoms with E-state index in [1.165, 1.54) is 23.3 Å². The van der Waals surface area contributed by atoms with E-state index in [4.69, 9.17) is 0 Å². The summed E-state index contributed by atoms with van der Waals surface area (Å²) in [7, 11) is 0. The largest absolute Gasteiger partial charge is 0.343 e. The Morgan fingerprint density at radius 1 is 0.939 bits per heavy atom. The van der Waals surface area contributed by atoms with Crippen LogP contribution >= 0.6 is 0 Å². The van der Waals surface area contributed by atoms with Crippen LogP contribution in [0.1, 0.15) is 47.4 Å². The third-order valence-electron chi connectivity index (χ3n) is 6.78. The number of hydrogen-bond donors (Lipinski definition) is 0. The highest BCUT2D eigenvalue weighted by Gasteiger charge is 2.26. The van der Waals surface area contributed by atoms with Crippen molar-refractivity contribution in [1.29, 1.82) is 0 Å². The van der Waals surface area contributed by atoms with Gasteiger partial charge < -0.3 is 9.47 Å². The number of carbonyl (C=O) groups excluding carboxylic acids is 1. The molecule has 0 saturated carbocycles. The van der Waals surface area contributed by atoms with E-state index in [1.807, 2.05) is 23.1 Å². The molecule has 3 aromatic carbocycles. The van der Waals surface area contributed by atoms with Gasteiger partial charge in [0, 0.05) is 49.1 Å². The van der Waals surface area contributed by atoms with Gasteiger partial charge in [-0.05, 0) is 54.7 Å². The van der Waals surface area contributed by atoms with Crippen LogP contribution in [-0.2, 0) is 11.3 Å². The number of aromatic nitrogens is 1. The summed E-state index contributed by atoms with van der Waals surface area (Å²) in [6, 6.07) is 23.6. The Kier molecular flexibility index (Phi) is 5.99. The van der Waals surface area contributed by atoms with Gasteiger partial charge in [0.2, 0.25) is 5.91 Å². The Morgan fingerprint density at radius 3 is 2.36 bits per heavy atom. The molecule has 2 heterocycles. The molecule has 0 bridgehead atoms. The molecule has 0 aliphatic carbocycles. The predicted octanol–water partition coefficient (Wildman–Crippen LogP) is 6.28. The van der Waals surface area contributed by atoms with Crippen molar-refractivity contribution in [2.45, 2.75) is 38.6 Å². The number of aryl methyl sites for hydroxylation is 1. The van der Waals surface area contributed by atoms with E-state index in [2.05, 4.69) is 60.2 Å². The maximum absolute atomic E-state index is 13.7. The van der Waals surface area contributed by atoms with Gasteiger partial charge in [-0.1, -0.05) is 60.2 Å². The standard InChI is InChI=1S/C29H29FN2O/c1-21-8-10-22(11-9-21)19-32-20-27(25-6-2-3-7-28(25)32)26(23-12-14-24(30)15-13-23)18-29(33)31-16-4-5-17-31/h2-3,6-15,20,26H,4-5,16-19H2,1H3/t26-/m1/s1. The lowest BCUT2D eigenvalue weighted by Crippen LogP contribution is -2.29. The van der Waals surface area contributed by atoms with Gasteiger partial charge in [0.15, 0.2) is 0 Å². The molecule has 1 saturated heterocycles. The van der Waals surface area contributed by atoms with Crippen LogP contribution in [0, 0.1) is 12.7 Å². The maximum Gasteiger partial charge on any atom is 0.223 e. The molecule has 0 spiro atoms. The SMILES string of the molecule is Cc1ccc(Cn2cc([C@H](CC(=O)N3CCCC3)c3ccc(F)cc3)c3ccccc32)cc1. The van der Waals surface area contributed by atoms with E-state index in [0.29, 0.717) is 6.42 Å². The van der Waals surface area contributed by atoms with Crippen molar-refractivity contribution in [2.75, 3.05) is 13.1 Å². The topological polar surface area (TPSA) is 25.2 Å².